The molecule has 1 aliphatic heterocycles. The lowest BCUT2D eigenvalue weighted by molar-refractivity contribution is 0.0706. The maximum atomic E-state index is 13.9. The van der Waals surface area contributed by atoms with E-state index in [2.05, 4.69) is 31.1 Å². The molecule has 1 N–H and O–H groups in total. The van der Waals surface area contributed by atoms with Crippen molar-refractivity contribution in [2.45, 2.75) is 45.1 Å². The summed E-state index contributed by atoms with van der Waals surface area (Å²) in [6.45, 7) is 7.52. The third kappa shape index (κ3) is 4.09. The molecule has 7 heteroatoms. The third-order valence-electron chi connectivity index (χ3n) is 5.16. The number of imidazole rings is 1. The summed E-state index contributed by atoms with van der Waals surface area (Å²) in [5.74, 6) is 0.709. The Hall–Kier alpha value is -2.96. The number of rotatable bonds is 3. The van der Waals surface area contributed by atoms with Gasteiger partial charge in [0.2, 0.25) is 0 Å². The van der Waals surface area contributed by atoms with E-state index in [4.69, 9.17) is 4.98 Å². The fraction of sp³-hybridized carbons (Fsp3) is 0.409. The average Bonchev–Trinajstić information content (AvgIpc) is 3.04. The van der Waals surface area contributed by atoms with Crippen molar-refractivity contribution in [1.29, 1.82) is 0 Å². The van der Waals surface area contributed by atoms with Crippen molar-refractivity contribution in [3.05, 3.63) is 59.9 Å². The molecule has 0 aromatic carbocycles. The summed E-state index contributed by atoms with van der Waals surface area (Å²) in [6, 6.07) is 8.51. The van der Waals surface area contributed by atoms with Crippen LogP contribution in [0.15, 0.2) is 42.7 Å². The second-order valence-electron chi connectivity index (χ2n) is 8.58. The van der Waals surface area contributed by atoms with Crippen molar-refractivity contribution in [2.24, 2.45) is 0 Å². The zero-order valence-electron chi connectivity index (χ0n) is 17.0. The van der Waals surface area contributed by atoms with E-state index in [0.29, 0.717) is 18.8 Å². The van der Waals surface area contributed by atoms with Gasteiger partial charge in [-0.1, -0.05) is 6.07 Å². The Labute approximate surface area is 169 Å². The van der Waals surface area contributed by atoms with Crippen LogP contribution in [0, 0.1) is 5.82 Å². The molecule has 1 fully saturated rings. The van der Waals surface area contributed by atoms with Crippen LogP contribution < -0.4 is 5.32 Å². The minimum Gasteiger partial charge on any atom is -0.365 e. The molecule has 3 aromatic heterocycles. The number of hydrogen-bond acceptors (Lipinski definition) is 4. The molecule has 6 nitrogen and oxygen atoms in total. The Morgan fingerprint density at radius 1 is 1.17 bits per heavy atom. The number of anilines is 1. The first kappa shape index (κ1) is 19.4. The van der Waals surface area contributed by atoms with Crippen molar-refractivity contribution >= 4 is 17.4 Å². The second-order valence-corrected chi connectivity index (χ2v) is 8.58. The van der Waals surface area contributed by atoms with Crippen molar-refractivity contribution in [1.82, 2.24) is 19.3 Å². The minimum absolute atomic E-state index is 0.0332. The maximum absolute atomic E-state index is 13.9. The van der Waals surface area contributed by atoms with Gasteiger partial charge >= 0.3 is 0 Å². The van der Waals surface area contributed by atoms with E-state index in [1.165, 1.54) is 12.3 Å². The molecule has 0 spiro atoms. The lowest BCUT2D eigenvalue weighted by atomic mass is 9.92. The number of likely N-dealkylation sites (tertiary alicyclic amines) is 1. The summed E-state index contributed by atoms with van der Waals surface area (Å²) in [6.07, 6.45) is 4.73. The van der Waals surface area contributed by atoms with Gasteiger partial charge in [-0.05, 0) is 57.9 Å². The summed E-state index contributed by atoms with van der Waals surface area (Å²) >= 11 is 0. The number of carbonyl (C=O) groups is 1. The summed E-state index contributed by atoms with van der Waals surface area (Å²) < 4.78 is 15.7. The van der Waals surface area contributed by atoms with Crippen LogP contribution in [-0.2, 0) is 0 Å². The quantitative estimate of drug-likeness (QED) is 0.725. The topological polar surface area (TPSA) is 62.5 Å². The Kier molecular flexibility index (Phi) is 4.98. The fourth-order valence-electron chi connectivity index (χ4n) is 3.81. The van der Waals surface area contributed by atoms with Crippen LogP contribution in [0.3, 0.4) is 0 Å². The smallest absolute Gasteiger partial charge is 0.272 e. The number of carbonyl (C=O) groups excluding carboxylic acids is 1. The SMILES string of the molecule is CC(C)(C)Nc1c(C2CCN(C(=O)c3ccccn3)CC2)nc2ccc(F)cn12. The Balaban J connectivity index is 1.58. The standard InChI is InChI=1S/C22H26FN5O/c1-22(2,3)26-20-19(25-18-8-7-16(23)14-28(18)20)15-9-12-27(13-10-15)21(29)17-6-4-5-11-24-17/h4-8,11,14-15,26H,9-10,12-13H2,1-3H3. The molecule has 1 amide bonds. The maximum Gasteiger partial charge on any atom is 0.272 e. The molecule has 4 heterocycles. The molecule has 29 heavy (non-hydrogen) atoms. The molecule has 0 radical (unpaired) electrons. The number of fused-ring (bicyclic) bond motifs is 1. The number of nitrogens with zero attached hydrogens (tertiary/aromatic N) is 4. The largest absolute Gasteiger partial charge is 0.365 e. The molecule has 1 saturated heterocycles. The van der Waals surface area contributed by atoms with Gasteiger partial charge in [-0.15, -0.1) is 0 Å². The Bertz CT molecular complexity index is 1020. The highest BCUT2D eigenvalue weighted by Crippen LogP contribution is 2.35. The van der Waals surface area contributed by atoms with Crippen LogP contribution in [0.1, 0.15) is 55.7 Å². The van der Waals surface area contributed by atoms with Gasteiger partial charge in [-0.25, -0.2) is 9.37 Å². The Morgan fingerprint density at radius 3 is 2.59 bits per heavy atom. The fourth-order valence-corrected chi connectivity index (χ4v) is 3.81. The van der Waals surface area contributed by atoms with Crippen LogP contribution in [0.2, 0.25) is 0 Å². The predicted molar refractivity (Wildman–Crippen MR) is 111 cm³/mol. The molecule has 3 aromatic rings. The first-order valence-electron chi connectivity index (χ1n) is 9.98. The van der Waals surface area contributed by atoms with Crippen molar-refractivity contribution in [3.63, 3.8) is 0 Å². The Morgan fingerprint density at radius 2 is 1.93 bits per heavy atom. The molecular formula is C22H26FN5O. The normalized spacial score (nSPS) is 15.7. The molecule has 4 rings (SSSR count). The summed E-state index contributed by atoms with van der Waals surface area (Å²) in [7, 11) is 0. The van der Waals surface area contributed by atoms with Crippen LogP contribution in [0.4, 0.5) is 10.2 Å². The van der Waals surface area contributed by atoms with E-state index in [1.54, 1.807) is 28.8 Å². The zero-order chi connectivity index (χ0) is 20.6. The van der Waals surface area contributed by atoms with Gasteiger partial charge in [0.1, 0.15) is 23.0 Å². The zero-order valence-corrected chi connectivity index (χ0v) is 17.0. The van der Waals surface area contributed by atoms with Gasteiger partial charge < -0.3 is 10.2 Å². The molecule has 0 saturated carbocycles. The van der Waals surface area contributed by atoms with Gasteiger partial charge in [0.05, 0.1) is 5.69 Å². The van der Waals surface area contributed by atoms with Crippen LogP contribution >= 0.6 is 0 Å². The van der Waals surface area contributed by atoms with Crippen LogP contribution in [0.5, 0.6) is 0 Å². The van der Waals surface area contributed by atoms with Gasteiger partial charge in [0.25, 0.3) is 5.91 Å². The van der Waals surface area contributed by atoms with Crippen molar-refractivity contribution in [3.8, 4) is 0 Å². The number of halogens is 1. The highest BCUT2D eigenvalue weighted by molar-refractivity contribution is 5.92. The van der Waals surface area contributed by atoms with E-state index in [9.17, 15) is 9.18 Å². The van der Waals surface area contributed by atoms with Crippen molar-refractivity contribution in [2.75, 3.05) is 18.4 Å². The number of nitrogens with one attached hydrogen (secondary N) is 1. The van der Waals surface area contributed by atoms with Gasteiger partial charge in [-0.3, -0.25) is 14.2 Å². The van der Waals surface area contributed by atoms with E-state index in [1.807, 2.05) is 11.0 Å². The van der Waals surface area contributed by atoms with Crippen LogP contribution in [-0.4, -0.2) is 43.8 Å². The number of amides is 1. The van der Waals surface area contributed by atoms with Gasteiger partial charge in [-0.2, -0.15) is 0 Å². The highest BCUT2D eigenvalue weighted by Gasteiger charge is 2.30. The summed E-state index contributed by atoms with van der Waals surface area (Å²) in [5.41, 5.74) is 1.95. The van der Waals surface area contributed by atoms with E-state index >= 15 is 0 Å². The highest BCUT2D eigenvalue weighted by atomic mass is 19.1. The van der Waals surface area contributed by atoms with Gasteiger partial charge in [0.15, 0.2) is 0 Å². The molecule has 152 valence electrons. The van der Waals surface area contributed by atoms with E-state index < -0.39 is 0 Å². The first-order valence-corrected chi connectivity index (χ1v) is 9.98. The van der Waals surface area contributed by atoms with Crippen LogP contribution in [0.25, 0.3) is 5.65 Å². The van der Waals surface area contributed by atoms with Crippen molar-refractivity contribution < 1.29 is 9.18 Å². The molecule has 0 unspecified atom stereocenters. The second kappa shape index (κ2) is 7.46. The number of aromatic nitrogens is 3. The average molecular weight is 395 g/mol. The molecule has 0 aliphatic carbocycles. The lowest BCUT2D eigenvalue weighted by Gasteiger charge is -2.32. The molecule has 0 atom stereocenters. The minimum atomic E-state index is -0.297. The lowest BCUT2D eigenvalue weighted by Crippen LogP contribution is -2.38. The number of pyridine rings is 2. The number of hydrogen-bond donors (Lipinski definition) is 1. The van der Waals surface area contributed by atoms with E-state index in [-0.39, 0.29) is 23.2 Å². The monoisotopic (exact) mass is 395 g/mol. The molecule has 1 aliphatic rings. The first-order chi connectivity index (χ1) is 13.8. The van der Waals surface area contributed by atoms with Gasteiger partial charge in [0, 0.05) is 36.9 Å². The number of piperidine rings is 1. The molecule has 0 bridgehead atoms. The third-order valence-corrected chi connectivity index (χ3v) is 5.16. The molecular weight excluding hydrogens is 369 g/mol. The summed E-state index contributed by atoms with van der Waals surface area (Å²) in [5, 5.41) is 3.50. The predicted octanol–water partition coefficient (Wildman–Crippen LogP) is 4.10. The summed E-state index contributed by atoms with van der Waals surface area (Å²) in [4.78, 5) is 23.5. The van der Waals surface area contributed by atoms with E-state index in [0.717, 1.165) is 30.0 Å².